The molecule has 25 heavy (non-hydrogen) atoms. The molecule has 1 amide bonds. The molecule has 0 aliphatic rings. The third-order valence-corrected chi connectivity index (χ3v) is 3.64. The summed E-state index contributed by atoms with van der Waals surface area (Å²) in [6.07, 6.45) is 0. The Kier molecular flexibility index (Phi) is 7.28. The van der Waals surface area contributed by atoms with Crippen LogP contribution in [-0.4, -0.2) is 38.7 Å². The van der Waals surface area contributed by atoms with Crippen molar-refractivity contribution in [3.05, 3.63) is 58.6 Å². The molecule has 7 heteroatoms. The first kappa shape index (κ1) is 18.8. The summed E-state index contributed by atoms with van der Waals surface area (Å²) in [6.45, 7) is 0.205. The predicted molar refractivity (Wildman–Crippen MR) is 95.9 cm³/mol. The van der Waals surface area contributed by atoms with Crippen molar-refractivity contribution < 1.29 is 23.8 Å². The Balaban J connectivity index is 1.68. The van der Waals surface area contributed by atoms with Gasteiger partial charge in [-0.1, -0.05) is 34.1 Å². The number of carbonyl (C=O) groups is 2. The van der Waals surface area contributed by atoms with E-state index in [1.807, 2.05) is 12.1 Å². The summed E-state index contributed by atoms with van der Waals surface area (Å²) < 4.78 is 16.4. The number of benzene rings is 2. The molecule has 0 fully saturated rings. The fourth-order valence-corrected chi connectivity index (χ4v) is 2.37. The second-order valence-electron chi connectivity index (χ2n) is 4.94. The summed E-state index contributed by atoms with van der Waals surface area (Å²) in [5.74, 6) is 0.269. The van der Waals surface area contributed by atoms with Crippen molar-refractivity contribution in [1.29, 1.82) is 0 Å². The summed E-state index contributed by atoms with van der Waals surface area (Å²) in [5, 5.41) is 2.62. The first-order chi connectivity index (χ1) is 12.1. The lowest BCUT2D eigenvalue weighted by Gasteiger charge is -2.11. The monoisotopic (exact) mass is 407 g/mol. The molecule has 0 radical (unpaired) electrons. The van der Waals surface area contributed by atoms with Gasteiger partial charge < -0.3 is 19.5 Å². The van der Waals surface area contributed by atoms with E-state index in [9.17, 15) is 9.59 Å². The maximum Gasteiger partial charge on any atom is 0.338 e. The second kappa shape index (κ2) is 9.68. The van der Waals surface area contributed by atoms with Gasteiger partial charge in [0.15, 0.2) is 18.1 Å². The third kappa shape index (κ3) is 6.11. The van der Waals surface area contributed by atoms with Crippen molar-refractivity contribution in [3.8, 4) is 11.5 Å². The van der Waals surface area contributed by atoms with Crippen molar-refractivity contribution in [2.45, 2.75) is 0 Å². The number of methoxy groups -OCH3 is 1. The van der Waals surface area contributed by atoms with Crippen molar-refractivity contribution in [3.63, 3.8) is 0 Å². The summed E-state index contributed by atoms with van der Waals surface area (Å²) >= 11 is 3.27. The molecule has 0 unspecified atom stereocenters. The highest BCUT2D eigenvalue weighted by Gasteiger charge is 2.10. The average molecular weight is 408 g/mol. The van der Waals surface area contributed by atoms with E-state index in [0.29, 0.717) is 17.1 Å². The van der Waals surface area contributed by atoms with E-state index in [1.54, 1.807) is 43.5 Å². The van der Waals surface area contributed by atoms with Crippen LogP contribution in [0.15, 0.2) is 53.0 Å². The Bertz CT molecular complexity index is 735. The number of nitrogens with one attached hydrogen (secondary N) is 1. The normalized spacial score (nSPS) is 10.0. The molecule has 0 aliphatic heterocycles. The smallest absolute Gasteiger partial charge is 0.338 e. The fourth-order valence-electron chi connectivity index (χ4n) is 1.97. The number of ether oxygens (including phenoxy) is 3. The molecule has 0 spiro atoms. The van der Waals surface area contributed by atoms with Crippen LogP contribution >= 0.6 is 15.9 Å². The van der Waals surface area contributed by atoms with Crippen molar-refractivity contribution in [1.82, 2.24) is 5.32 Å². The highest BCUT2D eigenvalue weighted by molar-refractivity contribution is 9.10. The molecule has 2 aromatic carbocycles. The summed E-state index contributed by atoms with van der Waals surface area (Å²) in [7, 11) is 1.56. The summed E-state index contributed by atoms with van der Waals surface area (Å²) in [5.41, 5.74) is 0.377. The zero-order chi connectivity index (χ0) is 18.1. The third-order valence-electron chi connectivity index (χ3n) is 3.15. The quantitative estimate of drug-likeness (QED) is 0.537. The molecule has 6 nitrogen and oxygen atoms in total. The Morgan fingerprint density at radius 1 is 1.08 bits per heavy atom. The Morgan fingerprint density at radius 2 is 1.84 bits per heavy atom. The van der Waals surface area contributed by atoms with Gasteiger partial charge in [-0.25, -0.2) is 4.79 Å². The van der Waals surface area contributed by atoms with Gasteiger partial charge in [0, 0.05) is 4.47 Å². The van der Waals surface area contributed by atoms with Crippen LogP contribution < -0.4 is 14.8 Å². The van der Waals surface area contributed by atoms with Crippen LogP contribution in [0.4, 0.5) is 0 Å². The summed E-state index contributed by atoms with van der Waals surface area (Å²) in [4.78, 5) is 23.5. The molecule has 2 rings (SSSR count). The number of para-hydroxylation sites is 2. The Morgan fingerprint density at radius 3 is 2.56 bits per heavy atom. The predicted octanol–water partition coefficient (Wildman–Crippen LogP) is 2.81. The maximum atomic E-state index is 11.8. The fraction of sp³-hybridized carbons (Fsp3) is 0.222. The second-order valence-corrected chi connectivity index (χ2v) is 5.85. The molecule has 0 aromatic heterocycles. The molecule has 0 bridgehead atoms. The number of carbonyl (C=O) groups excluding carboxylic acids is 2. The van der Waals surface area contributed by atoms with E-state index in [1.165, 1.54) is 0 Å². The van der Waals surface area contributed by atoms with Gasteiger partial charge in [-0.05, 0) is 30.3 Å². The van der Waals surface area contributed by atoms with Gasteiger partial charge >= 0.3 is 5.97 Å². The van der Waals surface area contributed by atoms with Crippen molar-refractivity contribution in [2.24, 2.45) is 0 Å². The molecule has 0 saturated heterocycles. The molecular weight excluding hydrogens is 390 g/mol. The van der Waals surface area contributed by atoms with Gasteiger partial charge in [-0.2, -0.15) is 0 Å². The van der Waals surface area contributed by atoms with E-state index >= 15 is 0 Å². The summed E-state index contributed by atoms with van der Waals surface area (Å²) in [6, 6.07) is 14.0. The van der Waals surface area contributed by atoms with E-state index in [0.717, 1.165) is 4.47 Å². The van der Waals surface area contributed by atoms with Gasteiger partial charge in [0.05, 0.1) is 19.2 Å². The van der Waals surface area contributed by atoms with Crippen LogP contribution in [0.25, 0.3) is 0 Å². The molecule has 0 heterocycles. The van der Waals surface area contributed by atoms with Gasteiger partial charge in [0.1, 0.15) is 6.61 Å². The highest BCUT2D eigenvalue weighted by Crippen LogP contribution is 2.25. The SMILES string of the molecule is COc1ccccc1OCCNC(=O)COC(=O)c1cccc(Br)c1. The first-order valence-corrected chi connectivity index (χ1v) is 8.34. The van der Waals surface area contributed by atoms with Crippen LogP contribution in [-0.2, 0) is 9.53 Å². The van der Waals surface area contributed by atoms with Gasteiger partial charge in [0.2, 0.25) is 0 Å². The number of esters is 1. The van der Waals surface area contributed by atoms with E-state index in [-0.39, 0.29) is 19.8 Å². The van der Waals surface area contributed by atoms with Gasteiger partial charge in [-0.3, -0.25) is 4.79 Å². The molecule has 0 aliphatic carbocycles. The van der Waals surface area contributed by atoms with E-state index in [2.05, 4.69) is 21.2 Å². The number of hydrogen-bond donors (Lipinski definition) is 1. The minimum Gasteiger partial charge on any atom is -0.493 e. The number of halogens is 1. The topological polar surface area (TPSA) is 73.9 Å². The zero-order valence-corrected chi connectivity index (χ0v) is 15.2. The van der Waals surface area contributed by atoms with Crippen LogP contribution in [0.5, 0.6) is 11.5 Å². The Labute approximate surface area is 154 Å². The molecule has 2 aromatic rings. The zero-order valence-electron chi connectivity index (χ0n) is 13.7. The first-order valence-electron chi connectivity index (χ1n) is 7.55. The molecule has 0 atom stereocenters. The largest absolute Gasteiger partial charge is 0.493 e. The minimum absolute atomic E-state index is 0.270. The van der Waals surface area contributed by atoms with Gasteiger partial charge in [-0.15, -0.1) is 0 Å². The minimum atomic E-state index is -0.554. The highest BCUT2D eigenvalue weighted by atomic mass is 79.9. The molecule has 0 saturated carbocycles. The number of hydrogen-bond acceptors (Lipinski definition) is 5. The molecular formula is C18H18BrNO5. The lowest BCUT2D eigenvalue weighted by atomic mass is 10.2. The Hall–Kier alpha value is -2.54. The average Bonchev–Trinajstić information content (AvgIpc) is 2.63. The van der Waals surface area contributed by atoms with E-state index < -0.39 is 11.9 Å². The maximum absolute atomic E-state index is 11.8. The van der Waals surface area contributed by atoms with Crippen molar-refractivity contribution in [2.75, 3.05) is 26.9 Å². The lowest BCUT2D eigenvalue weighted by molar-refractivity contribution is -0.124. The van der Waals surface area contributed by atoms with Crippen LogP contribution in [0.1, 0.15) is 10.4 Å². The lowest BCUT2D eigenvalue weighted by Crippen LogP contribution is -2.32. The van der Waals surface area contributed by atoms with Crippen LogP contribution in [0, 0.1) is 0 Å². The molecule has 1 N–H and O–H groups in total. The van der Waals surface area contributed by atoms with E-state index in [4.69, 9.17) is 14.2 Å². The van der Waals surface area contributed by atoms with Crippen molar-refractivity contribution >= 4 is 27.8 Å². The number of rotatable bonds is 8. The van der Waals surface area contributed by atoms with Gasteiger partial charge in [0.25, 0.3) is 5.91 Å². The van der Waals surface area contributed by atoms with Crippen LogP contribution in [0.2, 0.25) is 0 Å². The standard InChI is InChI=1S/C18H18BrNO5/c1-23-15-7-2-3-8-16(15)24-10-9-20-17(21)12-25-18(22)13-5-4-6-14(19)11-13/h2-8,11H,9-10,12H2,1H3,(H,20,21). The van der Waals surface area contributed by atoms with Crippen LogP contribution in [0.3, 0.4) is 0 Å². The number of amides is 1. The molecule has 132 valence electrons.